The Morgan fingerprint density at radius 3 is 2.89 bits per heavy atom. The van der Waals surface area contributed by atoms with E-state index >= 15 is 0 Å². The molecule has 1 aliphatic carbocycles. The number of rotatable bonds is 3. The van der Waals surface area contributed by atoms with Gasteiger partial charge in [-0.3, -0.25) is 0 Å². The quantitative estimate of drug-likeness (QED) is 0.896. The highest BCUT2D eigenvalue weighted by Gasteiger charge is 2.26. The number of hydrogen-bond acceptors (Lipinski definition) is 3. The molecule has 18 heavy (non-hydrogen) atoms. The van der Waals surface area contributed by atoms with Gasteiger partial charge in [-0.2, -0.15) is 0 Å². The SMILES string of the molecule is Cc1cnc(C(=O)O)cc1-n1cnc(C2CC2)c1. The lowest BCUT2D eigenvalue weighted by Crippen LogP contribution is -2.04. The van der Waals surface area contributed by atoms with Crippen LogP contribution in [-0.2, 0) is 0 Å². The topological polar surface area (TPSA) is 68.0 Å². The Morgan fingerprint density at radius 1 is 1.44 bits per heavy atom. The van der Waals surface area contributed by atoms with Crippen molar-refractivity contribution in [3.63, 3.8) is 0 Å². The standard InChI is InChI=1S/C13H13N3O2/c1-8-5-14-10(13(17)18)4-12(8)16-6-11(15-7-16)9-2-3-9/h4-7,9H,2-3H2,1H3,(H,17,18). The minimum atomic E-state index is -1.02. The van der Waals surface area contributed by atoms with Gasteiger partial charge in [-0.05, 0) is 31.4 Å². The lowest BCUT2D eigenvalue weighted by molar-refractivity contribution is 0.0690. The van der Waals surface area contributed by atoms with Crippen LogP contribution in [0.5, 0.6) is 0 Å². The maximum atomic E-state index is 10.9. The molecule has 3 rings (SSSR count). The number of nitrogens with zero attached hydrogens (tertiary/aromatic N) is 3. The fourth-order valence-corrected chi connectivity index (χ4v) is 1.97. The summed E-state index contributed by atoms with van der Waals surface area (Å²) in [6, 6.07) is 1.58. The number of pyridine rings is 1. The van der Waals surface area contributed by atoms with Gasteiger partial charge in [-0.1, -0.05) is 0 Å². The first-order chi connectivity index (χ1) is 8.65. The molecule has 0 atom stereocenters. The smallest absolute Gasteiger partial charge is 0.354 e. The molecule has 2 aromatic rings. The molecule has 0 spiro atoms. The van der Waals surface area contributed by atoms with Crippen LogP contribution in [-0.4, -0.2) is 25.6 Å². The highest BCUT2D eigenvalue weighted by Crippen LogP contribution is 2.39. The molecule has 2 heterocycles. The third kappa shape index (κ3) is 1.88. The maximum absolute atomic E-state index is 10.9. The van der Waals surface area contributed by atoms with Crippen molar-refractivity contribution >= 4 is 5.97 Å². The van der Waals surface area contributed by atoms with E-state index < -0.39 is 5.97 Å². The number of hydrogen-bond donors (Lipinski definition) is 1. The zero-order valence-electron chi connectivity index (χ0n) is 10.00. The minimum Gasteiger partial charge on any atom is -0.477 e. The molecule has 0 aliphatic heterocycles. The number of aromatic nitrogens is 3. The van der Waals surface area contributed by atoms with Crippen LogP contribution in [0.2, 0.25) is 0 Å². The molecule has 0 amide bonds. The van der Waals surface area contributed by atoms with Crippen LogP contribution in [0.15, 0.2) is 24.8 Å². The molecule has 1 aliphatic rings. The Hall–Kier alpha value is -2.17. The largest absolute Gasteiger partial charge is 0.477 e. The van der Waals surface area contributed by atoms with E-state index in [4.69, 9.17) is 5.11 Å². The van der Waals surface area contributed by atoms with Crippen LogP contribution >= 0.6 is 0 Å². The van der Waals surface area contributed by atoms with Gasteiger partial charge in [0, 0.05) is 18.3 Å². The molecule has 1 fully saturated rings. The van der Waals surface area contributed by atoms with Crippen molar-refractivity contribution in [1.29, 1.82) is 0 Å². The Bertz CT molecular complexity index is 614. The van der Waals surface area contributed by atoms with Crippen LogP contribution in [0.4, 0.5) is 0 Å². The number of imidazole rings is 1. The Kier molecular flexibility index (Phi) is 2.40. The van der Waals surface area contributed by atoms with E-state index in [1.807, 2.05) is 17.7 Å². The fraction of sp³-hybridized carbons (Fsp3) is 0.308. The van der Waals surface area contributed by atoms with Gasteiger partial charge in [0.05, 0.1) is 17.7 Å². The molecule has 0 saturated heterocycles. The summed E-state index contributed by atoms with van der Waals surface area (Å²) in [5.41, 5.74) is 2.89. The zero-order chi connectivity index (χ0) is 12.7. The molecule has 5 heteroatoms. The molecular weight excluding hydrogens is 230 g/mol. The summed E-state index contributed by atoms with van der Waals surface area (Å²) in [7, 11) is 0. The molecule has 2 aromatic heterocycles. The van der Waals surface area contributed by atoms with Crippen LogP contribution < -0.4 is 0 Å². The second-order valence-corrected chi connectivity index (χ2v) is 4.64. The van der Waals surface area contributed by atoms with Gasteiger partial charge < -0.3 is 9.67 Å². The van der Waals surface area contributed by atoms with E-state index in [0.717, 1.165) is 16.9 Å². The number of carboxylic acid groups (broad SMARTS) is 1. The Morgan fingerprint density at radius 2 is 2.22 bits per heavy atom. The maximum Gasteiger partial charge on any atom is 0.354 e. The first-order valence-electron chi connectivity index (χ1n) is 5.89. The molecule has 0 aromatic carbocycles. The fourth-order valence-electron chi connectivity index (χ4n) is 1.97. The minimum absolute atomic E-state index is 0.0530. The summed E-state index contributed by atoms with van der Waals surface area (Å²) in [5.74, 6) is -0.425. The second-order valence-electron chi connectivity index (χ2n) is 4.64. The highest BCUT2D eigenvalue weighted by atomic mass is 16.4. The van der Waals surface area contributed by atoms with Crippen LogP contribution in [0.3, 0.4) is 0 Å². The van der Waals surface area contributed by atoms with E-state index in [1.54, 1.807) is 18.6 Å². The second kappa shape index (κ2) is 3.94. The molecule has 0 unspecified atom stereocenters. The van der Waals surface area contributed by atoms with Gasteiger partial charge in [0.25, 0.3) is 0 Å². The van der Waals surface area contributed by atoms with Crippen LogP contribution in [0, 0.1) is 6.92 Å². The lowest BCUT2D eigenvalue weighted by Gasteiger charge is -2.06. The average Bonchev–Trinajstić information content (AvgIpc) is 3.08. The average molecular weight is 243 g/mol. The van der Waals surface area contributed by atoms with Crippen molar-refractivity contribution in [1.82, 2.24) is 14.5 Å². The van der Waals surface area contributed by atoms with Crippen molar-refractivity contribution in [2.45, 2.75) is 25.7 Å². The highest BCUT2D eigenvalue weighted by molar-refractivity contribution is 5.86. The third-order valence-corrected chi connectivity index (χ3v) is 3.17. The van der Waals surface area contributed by atoms with Crippen LogP contribution in [0.25, 0.3) is 5.69 Å². The molecular formula is C13H13N3O2. The first kappa shape index (κ1) is 11.0. The van der Waals surface area contributed by atoms with Crippen molar-refractivity contribution in [3.8, 4) is 5.69 Å². The molecule has 5 nitrogen and oxygen atoms in total. The first-order valence-corrected chi connectivity index (χ1v) is 5.89. The number of carbonyl (C=O) groups is 1. The zero-order valence-corrected chi connectivity index (χ0v) is 10.00. The van der Waals surface area contributed by atoms with Crippen molar-refractivity contribution in [3.05, 3.63) is 41.7 Å². The summed E-state index contributed by atoms with van der Waals surface area (Å²) < 4.78 is 1.87. The number of aryl methyl sites for hydroxylation is 1. The van der Waals surface area contributed by atoms with E-state index in [9.17, 15) is 4.79 Å². The lowest BCUT2D eigenvalue weighted by atomic mass is 10.2. The summed E-state index contributed by atoms with van der Waals surface area (Å²) >= 11 is 0. The van der Waals surface area contributed by atoms with Gasteiger partial charge >= 0.3 is 5.97 Å². The van der Waals surface area contributed by atoms with E-state index in [0.29, 0.717) is 5.92 Å². The van der Waals surface area contributed by atoms with Crippen molar-refractivity contribution < 1.29 is 9.90 Å². The summed E-state index contributed by atoms with van der Waals surface area (Å²) in [6.07, 6.45) is 7.70. The van der Waals surface area contributed by atoms with Gasteiger partial charge in [-0.25, -0.2) is 14.8 Å². The molecule has 0 bridgehead atoms. The molecule has 1 N–H and O–H groups in total. The predicted octanol–water partition coefficient (Wildman–Crippen LogP) is 2.15. The van der Waals surface area contributed by atoms with Gasteiger partial charge in [0.2, 0.25) is 0 Å². The van der Waals surface area contributed by atoms with Crippen LogP contribution in [0.1, 0.15) is 40.5 Å². The van der Waals surface area contributed by atoms with Gasteiger partial charge in [0.15, 0.2) is 0 Å². The predicted molar refractivity (Wildman–Crippen MR) is 65.0 cm³/mol. The Labute approximate surface area is 104 Å². The van der Waals surface area contributed by atoms with Gasteiger partial charge in [-0.15, -0.1) is 0 Å². The number of carboxylic acids is 1. The van der Waals surface area contributed by atoms with E-state index in [2.05, 4.69) is 9.97 Å². The normalized spacial score (nSPS) is 14.7. The van der Waals surface area contributed by atoms with E-state index in [-0.39, 0.29) is 5.69 Å². The third-order valence-electron chi connectivity index (χ3n) is 3.17. The van der Waals surface area contributed by atoms with E-state index in [1.165, 1.54) is 12.8 Å². The molecule has 1 saturated carbocycles. The molecule has 0 radical (unpaired) electrons. The van der Waals surface area contributed by atoms with Gasteiger partial charge in [0.1, 0.15) is 5.69 Å². The number of aromatic carboxylic acids is 1. The monoisotopic (exact) mass is 243 g/mol. The van der Waals surface area contributed by atoms with Crippen molar-refractivity contribution in [2.75, 3.05) is 0 Å². The summed E-state index contributed by atoms with van der Waals surface area (Å²) in [4.78, 5) is 19.2. The molecule has 92 valence electrons. The van der Waals surface area contributed by atoms with Crippen molar-refractivity contribution in [2.24, 2.45) is 0 Å². The summed E-state index contributed by atoms with van der Waals surface area (Å²) in [6.45, 7) is 1.91. The Balaban J connectivity index is 2.03. The summed E-state index contributed by atoms with van der Waals surface area (Å²) in [5, 5.41) is 8.96.